The van der Waals surface area contributed by atoms with Crippen LogP contribution in [0.4, 0.5) is 5.69 Å². The van der Waals surface area contributed by atoms with Crippen LogP contribution in [-0.2, 0) is 0 Å². The van der Waals surface area contributed by atoms with Crippen LogP contribution in [0.15, 0.2) is 18.5 Å². The number of likely N-dealkylation sites (N-methyl/N-ethyl adjacent to an activating group) is 1. The van der Waals surface area contributed by atoms with Gasteiger partial charge in [-0.1, -0.05) is 6.92 Å². The van der Waals surface area contributed by atoms with Gasteiger partial charge in [-0.05, 0) is 33.4 Å². The highest BCUT2D eigenvalue weighted by molar-refractivity contribution is 5.99. The van der Waals surface area contributed by atoms with Crippen molar-refractivity contribution in [3.8, 4) is 0 Å². The first-order valence-electron chi connectivity index (χ1n) is 7.64. The van der Waals surface area contributed by atoms with E-state index in [1.54, 1.807) is 12.4 Å². The number of rotatable bonds is 4. The second kappa shape index (κ2) is 6.43. The summed E-state index contributed by atoms with van der Waals surface area (Å²) in [6.07, 6.45) is 4.44. The van der Waals surface area contributed by atoms with Gasteiger partial charge in [-0.25, -0.2) is 0 Å². The minimum absolute atomic E-state index is 0.0119. The lowest BCUT2D eigenvalue weighted by atomic mass is 9.99. The molecule has 1 saturated heterocycles. The van der Waals surface area contributed by atoms with Crippen molar-refractivity contribution in [2.45, 2.75) is 32.7 Å². The molecule has 1 aromatic heterocycles. The Morgan fingerprint density at radius 3 is 2.86 bits per heavy atom. The van der Waals surface area contributed by atoms with E-state index in [-0.39, 0.29) is 11.4 Å². The normalized spacial score (nSPS) is 18.6. The topological polar surface area (TPSA) is 48.5 Å². The summed E-state index contributed by atoms with van der Waals surface area (Å²) in [5, 5.41) is 3.29. The van der Waals surface area contributed by atoms with Crippen molar-refractivity contribution in [1.82, 2.24) is 14.8 Å². The van der Waals surface area contributed by atoms with Gasteiger partial charge >= 0.3 is 0 Å². The van der Waals surface area contributed by atoms with E-state index in [0.29, 0.717) is 0 Å². The molecule has 1 aliphatic rings. The third-order valence-electron chi connectivity index (χ3n) is 4.22. The van der Waals surface area contributed by atoms with Crippen LogP contribution in [0.25, 0.3) is 0 Å². The number of hydrogen-bond acceptors (Lipinski definition) is 4. The Morgan fingerprint density at radius 1 is 1.43 bits per heavy atom. The number of aromatic nitrogens is 1. The third kappa shape index (κ3) is 3.53. The van der Waals surface area contributed by atoms with E-state index in [2.05, 4.69) is 43.0 Å². The highest BCUT2D eigenvalue weighted by Gasteiger charge is 2.34. The zero-order valence-corrected chi connectivity index (χ0v) is 13.5. The largest absolute Gasteiger partial charge is 0.383 e. The number of nitrogens with zero attached hydrogens (tertiary/aromatic N) is 3. The molecule has 0 bridgehead atoms. The van der Waals surface area contributed by atoms with Gasteiger partial charge in [0.05, 0.1) is 17.4 Å². The maximum atomic E-state index is 12.8. The Kier molecular flexibility index (Phi) is 4.83. The van der Waals surface area contributed by atoms with E-state index < -0.39 is 0 Å². The molecule has 0 aliphatic carbocycles. The zero-order chi connectivity index (χ0) is 15.5. The van der Waals surface area contributed by atoms with Gasteiger partial charge in [0, 0.05) is 37.9 Å². The molecule has 0 saturated carbocycles. The summed E-state index contributed by atoms with van der Waals surface area (Å²) in [7, 11) is 2.11. The number of hydrogen-bond donors (Lipinski definition) is 1. The van der Waals surface area contributed by atoms with E-state index in [9.17, 15) is 4.79 Å². The summed E-state index contributed by atoms with van der Waals surface area (Å²) in [5.74, 6) is 0.0946. The molecular formula is C16H26N4O. The standard InChI is InChI=1S/C16H26N4O/c1-5-7-18-14-11-17-8-6-13(14)15(21)20-10-9-19(4)16(2,3)12-20/h6,8,11,18H,5,7,9-10,12H2,1-4H3. The predicted molar refractivity (Wildman–Crippen MR) is 85.6 cm³/mol. The Bertz CT molecular complexity index is 501. The first kappa shape index (κ1) is 15.8. The van der Waals surface area contributed by atoms with Gasteiger partial charge in [0.2, 0.25) is 0 Å². The van der Waals surface area contributed by atoms with Crippen LogP contribution in [0, 0.1) is 0 Å². The molecule has 2 rings (SSSR count). The number of pyridine rings is 1. The molecular weight excluding hydrogens is 264 g/mol. The molecule has 5 heteroatoms. The molecule has 1 amide bonds. The van der Waals surface area contributed by atoms with E-state index in [1.165, 1.54) is 0 Å². The number of carbonyl (C=O) groups is 1. The monoisotopic (exact) mass is 290 g/mol. The Labute approximate surface area is 127 Å². The Balaban J connectivity index is 2.17. The molecule has 0 aromatic carbocycles. The summed E-state index contributed by atoms with van der Waals surface area (Å²) < 4.78 is 0. The van der Waals surface area contributed by atoms with Gasteiger partial charge in [-0.2, -0.15) is 0 Å². The maximum Gasteiger partial charge on any atom is 0.256 e. The summed E-state index contributed by atoms with van der Waals surface area (Å²) in [5.41, 5.74) is 1.57. The van der Waals surface area contributed by atoms with Crippen LogP contribution >= 0.6 is 0 Å². The average Bonchev–Trinajstić information content (AvgIpc) is 2.47. The molecule has 0 unspecified atom stereocenters. The van der Waals surface area contributed by atoms with Crippen molar-refractivity contribution in [3.05, 3.63) is 24.0 Å². The Morgan fingerprint density at radius 2 is 2.19 bits per heavy atom. The molecule has 0 atom stereocenters. The van der Waals surface area contributed by atoms with Gasteiger partial charge in [0.1, 0.15) is 0 Å². The fraction of sp³-hybridized carbons (Fsp3) is 0.625. The van der Waals surface area contributed by atoms with Gasteiger partial charge in [-0.3, -0.25) is 14.7 Å². The number of amides is 1. The van der Waals surface area contributed by atoms with E-state index in [0.717, 1.165) is 43.9 Å². The van der Waals surface area contributed by atoms with Gasteiger partial charge in [0.25, 0.3) is 5.91 Å². The highest BCUT2D eigenvalue weighted by atomic mass is 16.2. The quantitative estimate of drug-likeness (QED) is 0.922. The van der Waals surface area contributed by atoms with Gasteiger partial charge < -0.3 is 10.2 Å². The summed E-state index contributed by atoms with van der Waals surface area (Å²) >= 11 is 0. The van der Waals surface area contributed by atoms with Gasteiger partial charge in [-0.15, -0.1) is 0 Å². The number of nitrogens with one attached hydrogen (secondary N) is 1. The molecule has 116 valence electrons. The van der Waals surface area contributed by atoms with Crippen molar-refractivity contribution >= 4 is 11.6 Å². The molecule has 1 aliphatic heterocycles. The molecule has 0 spiro atoms. The molecule has 21 heavy (non-hydrogen) atoms. The van der Waals surface area contributed by atoms with E-state index in [1.807, 2.05) is 11.0 Å². The molecule has 1 aromatic rings. The third-order valence-corrected chi connectivity index (χ3v) is 4.22. The molecule has 1 N–H and O–H groups in total. The maximum absolute atomic E-state index is 12.8. The lowest BCUT2D eigenvalue weighted by Gasteiger charge is -2.45. The van der Waals surface area contributed by atoms with Crippen molar-refractivity contribution in [3.63, 3.8) is 0 Å². The fourth-order valence-electron chi connectivity index (χ4n) is 2.57. The van der Waals surface area contributed by atoms with E-state index in [4.69, 9.17) is 0 Å². The minimum atomic E-state index is 0.0119. The summed E-state index contributed by atoms with van der Waals surface area (Å²) in [6, 6.07) is 1.81. The second-order valence-corrected chi connectivity index (χ2v) is 6.31. The van der Waals surface area contributed by atoms with Crippen LogP contribution in [0.5, 0.6) is 0 Å². The predicted octanol–water partition coefficient (Wildman–Crippen LogP) is 2.07. The van der Waals surface area contributed by atoms with Crippen LogP contribution in [0.1, 0.15) is 37.6 Å². The number of piperazine rings is 1. The lowest BCUT2D eigenvalue weighted by Crippen LogP contribution is -2.58. The first-order valence-corrected chi connectivity index (χ1v) is 7.64. The highest BCUT2D eigenvalue weighted by Crippen LogP contribution is 2.22. The lowest BCUT2D eigenvalue weighted by molar-refractivity contribution is 0.0312. The van der Waals surface area contributed by atoms with Crippen molar-refractivity contribution < 1.29 is 4.79 Å². The van der Waals surface area contributed by atoms with Crippen molar-refractivity contribution in [1.29, 1.82) is 0 Å². The number of anilines is 1. The van der Waals surface area contributed by atoms with Crippen molar-refractivity contribution in [2.75, 3.05) is 38.5 Å². The smallest absolute Gasteiger partial charge is 0.256 e. The van der Waals surface area contributed by atoms with Gasteiger partial charge in [0.15, 0.2) is 0 Å². The van der Waals surface area contributed by atoms with Crippen LogP contribution in [0.3, 0.4) is 0 Å². The molecule has 2 heterocycles. The fourth-order valence-corrected chi connectivity index (χ4v) is 2.57. The Hall–Kier alpha value is -1.62. The average molecular weight is 290 g/mol. The van der Waals surface area contributed by atoms with Crippen LogP contribution in [-0.4, -0.2) is 59.5 Å². The van der Waals surface area contributed by atoms with Crippen molar-refractivity contribution in [2.24, 2.45) is 0 Å². The first-order chi connectivity index (χ1) is 9.95. The van der Waals surface area contributed by atoms with Crippen LogP contribution < -0.4 is 5.32 Å². The molecule has 5 nitrogen and oxygen atoms in total. The minimum Gasteiger partial charge on any atom is -0.383 e. The summed E-state index contributed by atoms with van der Waals surface area (Å²) in [6.45, 7) is 9.73. The molecule has 1 fully saturated rings. The zero-order valence-electron chi connectivity index (χ0n) is 13.5. The van der Waals surface area contributed by atoms with Crippen LogP contribution in [0.2, 0.25) is 0 Å². The number of carbonyl (C=O) groups excluding carboxylic acids is 1. The summed E-state index contributed by atoms with van der Waals surface area (Å²) in [4.78, 5) is 21.2. The molecule has 0 radical (unpaired) electrons. The SMILES string of the molecule is CCCNc1cnccc1C(=O)N1CCN(C)C(C)(C)C1. The van der Waals surface area contributed by atoms with E-state index >= 15 is 0 Å². The second-order valence-electron chi connectivity index (χ2n) is 6.31.